The van der Waals surface area contributed by atoms with Crippen LogP contribution in [0.4, 0.5) is 17.3 Å². The zero-order valence-electron chi connectivity index (χ0n) is 15.6. The van der Waals surface area contributed by atoms with Crippen molar-refractivity contribution in [3.05, 3.63) is 71.5 Å². The van der Waals surface area contributed by atoms with Crippen LogP contribution >= 0.6 is 0 Å². The highest BCUT2D eigenvalue weighted by atomic mass is 16.5. The summed E-state index contributed by atoms with van der Waals surface area (Å²) in [6.07, 6.45) is 0. The first-order chi connectivity index (χ1) is 13.6. The molecule has 0 aliphatic carbocycles. The maximum atomic E-state index is 12.6. The lowest BCUT2D eigenvalue weighted by molar-refractivity contribution is 0.102. The fourth-order valence-corrected chi connectivity index (χ4v) is 2.59. The van der Waals surface area contributed by atoms with Gasteiger partial charge in [-0.3, -0.25) is 4.79 Å². The van der Waals surface area contributed by atoms with Crippen molar-refractivity contribution < 1.29 is 9.53 Å². The number of para-hydroxylation sites is 3. The van der Waals surface area contributed by atoms with Crippen molar-refractivity contribution in [3.63, 3.8) is 0 Å². The summed E-state index contributed by atoms with van der Waals surface area (Å²) < 4.78 is 5.59. The van der Waals surface area contributed by atoms with E-state index < -0.39 is 5.91 Å². The number of rotatable bonds is 6. The Morgan fingerprint density at radius 2 is 1.82 bits per heavy atom. The van der Waals surface area contributed by atoms with Gasteiger partial charge in [-0.2, -0.15) is 5.26 Å². The quantitative estimate of drug-likeness (QED) is 0.676. The van der Waals surface area contributed by atoms with E-state index in [1.54, 1.807) is 37.3 Å². The first kappa shape index (κ1) is 18.9. The third kappa shape index (κ3) is 4.43. The Morgan fingerprint density at radius 3 is 2.57 bits per heavy atom. The highest BCUT2D eigenvalue weighted by Gasteiger charge is 2.14. The largest absolute Gasteiger partial charge is 0.492 e. The van der Waals surface area contributed by atoms with Crippen LogP contribution in [-0.4, -0.2) is 22.5 Å². The second kappa shape index (κ2) is 8.64. The van der Waals surface area contributed by atoms with Crippen LogP contribution in [0, 0.1) is 18.3 Å². The first-order valence-electron chi connectivity index (χ1n) is 8.75. The van der Waals surface area contributed by atoms with Gasteiger partial charge in [0.05, 0.1) is 23.5 Å². The molecule has 3 rings (SSSR count). The number of nitrogens with one attached hydrogen (secondary N) is 2. The van der Waals surface area contributed by atoms with E-state index in [-0.39, 0.29) is 11.6 Å². The molecule has 7 heteroatoms. The molecule has 0 aliphatic rings. The molecule has 2 aromatic carbocycles. The lowest BCUT2D eigenvalue weighted by Crippen LogP contribution is -2.16. The summed E-state index contributed by atoms with van der Waals surface area (Å²) in [5.74, 6) is 0.532. The molecule has 0 radical (unpaired) electrons. The van der Waals surface area contributed by atoms with Crippen molar-refractivity contribution in [2.45, 2.75) is 13.8 Å². The minimum atomic E-state index is -0.422. The number of carbonyl (C=O) groups excluding carboxylic acids is 1. The number of ether oxygens (including phenoxy) is 1. The molecule has 28 heavy (non-hydrogen) atoms. The molecule has 2 N–H and O–H groups in total. The molecular formula is C21H19N5O2. The topological polar surface area (TPSA) is 99.9 Å². The second-order valence-electron chi connectivity index (χ2n) is 5.88. The molecule has 3 aromatic rings. The molecule has 0 aliphatic heterocycles. The van der Waals surface area contributed by atoms with Crippen molar-refractivity contribution >= 4 is 23.2 Å². The molecule has 0 saturated heterocycles. The Labute approximate surface area is 163 Å². The second-order valence-corrected chi connectivity index (χ2v) is 5.88. The van der Waals surface area contributed by atoms with Gasteiger partial charge in [-0.1, -0.05) is 24.3 Å². The first-order valence-corrected chi connectivity index (χ1v) is 8.75. The van der Waals surface area contributed by atoms with Crippen LogP contribution in [0.5, 0.6) is 5.75 Å². The van der Waals surface area contributed by atoms with Crippen LogP contribution in [-0.2, 0) is 0 Å². The summed E-state index contributed by atoms with van der Waals surface area (Å²) in [7, 11) is 0. The number of hydrogen-bond donors (Lipinski definition) is 2. The lowest BCUT2D eigenvalue weighted by atomic mass is 10.2. The molecule has 1 aromatic heterocycles. The van der Waals surface area contributed by atoms with Crippen molar-refractivity contribution in [3.8, 4) is 11.8 Å². The Morgan fingerprint density at radius 1 is 1.11 bits per heavy atom. The van der Waals surface area contributed by atoms with E-state index in [1.165, 1.54) is 0 Å². The number of hydrogen-bond acceptors (Lipinski definition) is 6. The van der Waals surface area contributed by atoms with Crippen LogP contribution < -0.4 is 15.4 Å². The summed E-state index contributed by atoms with van der Waals surface area (Å²) in [4.78, 5) is 21.3. The molecule has 0 fully saturated rings. The average Bonchev–Trinajstić information content (AvgIpc) is 2.69. The minimum absolute atomic E-state index is 0.191. The SMILES string of the molecule is CCOc1ccccc1Nc1nc(C)cc(C(=O)Nc2ccccc2C#N)n1. The highest BCUT2D eigenvalue weighted by Crippen LogP contribution is 2.26. The van der Waals surface area contributed by atoms with E-state index >= 15 is 0 Å². The predicted molar refractivity (Wildman–Crippen MR) is 107 cm³/mol. The molecule has 0 saturated carbocycles. The fourth-order valence-electron chi connectivity index (χ4n) is 2.59. The number of nitriles is 1. The maximum Gasteiger partial charge on any atom is 0.274 e. The molecule has 0 spiro atoms. The molecule has 0 atom stereocenters. The molecule has 0 unspecified atom stereocenters. The van der Waals surface area contributed by atoms with E-state index in [0.29, 0.717) is 35.0 Å². The summed E-state index contributed by atoms with van der Waals surface area (Å²) in [6, 6.07) is 17.9. The van der Waals surface area contributed by atoms with Gasteiger partial charge in [0.1, 0.15) is 17.5 Å². The van der Waals surface area contributed by atoms with Crippen molar-refractivity contribution in [2.24, 2.45) is 0 Å². The van der Waals surface area contributed by atoms with E-state index in [9.17, 15) is 10.1 Å². The maximum absolute atomic E-state index is 12.6. The number of aromatic nitrogens is 2. The van der Waals surface area contributed by atoms with Crippen LogP contribution in [0.2, 0.25) is 0 Å². The lowest BCUT2D eigenvalue weighted by Gasteiger charge is -2.12. The Balaban J connectivity index is 1.86. The van der Waals surface area contributed by atoms with Crippen molar-refractivity contribution in [2.75, 3.05) is 17.2 Å². The highest BCUT2D eigenvalue weighted by molar-refractivity contribution is 6.03. The van der Waals surface area contributed by atoms with Crippen molar-refractivity contribution in [1.29, 1.82) is 5.26 Å². The van der Waals surface area contributed by atoms with Gasteiger partial charge in [-0.05, 0) is 44.2 Å². The number of nitrogens with zero attached hydrogens (tertiary/aromatic N) is 3. The van der Waals surface area contributed by atoms with E-state index in [0.717, 1.165) is 0 Å². The van der Waals surface area contributed by atoms with E-state index in [4.69, 9.17) is 4.74 Å². The molecule has 1 heterocycles. The van der Waals surface area contributed by atoms with Gasteiger partial charge in [-0.25, -0.2) is 9.97 Å². The van der Waals surface area contributed by atoms with E-state index in [2.05, 4.69) is 26.7 Å². The van der Waals surface area contributed by atoms with Crippen molar-refractivity contribution in [1.82, 2.24) is 9.97 Å². The van der Waals surface area contributed by atoms with Gasteiger partial charge in [0, 0.05) is 5.69 Å². The van der Waals surface area contributed by atoms with Crippen LogP contribution in [0.25, 0.3) is 0 Å². The zero-order chi connectivity index (χ0) is 19.9. The molecule has 140 valence electrons. The summed E-state index contributed by atoms with van der Waals surface area (Å²) in [5.41, 5.74) is 2.34. The van der Waals surface area contributed by atoms with Crippen LogP contribution in [0.3, 0.4) is 0 Å². The van der Waals surface area contributed by atoms with Gasteiger partial charge in [-0.15, -0.1) is 0 Å². The van der Waals surface area contributed by atoms with Gasteiger partial charge in [0.2, 0.25) is 5.95 Å². The average molecular weight is 373 g/mol. The van der Waals surface area contributed by atoms with Crippen LogP contribution in [0.15, 0.2) is 54.6 Å². The van der Waals surface area contributed by atoms with E-state index in [1.807, 2.05) is 31.2 Å². The summed E-state index contributed by atoms with van der Waals surface area (Å²) in [6.45, 7) is 4.21. The van der Waals surface area contributed by atoms with Gasteiger partial charge in [0.25, 0.3) is 5.91 Å². The normalized spacial score (nSPS) is 10.0. The number of anilines is 3. The monoisotopic (exact) mass is 373 g/mol. The molecule has 1 amide bonds. The standard InChI is InChI=1S/C21H19N5O2/c1-3-28-19-11-7-6-10-17(19)25-21-23-14(2)12-18(26-21)20(27)24-16-9-5-4-8-15(16)13-22/h4-12H,3H2,1-2H3,(H,24,27)(H,23,25,26). The number of amides is 1. The van der Waals surface area contributed by atoms with Gasteiger partial charge >= 0.3 is 0 Å². The summed E-state index contributed by atoms with van der Waals surface area (Å²) in [5, 5.41) is 15.0. The van der Waals surface area contributed by atoms with Gasteiger partial charge in [0.15, 0.2) is 0 Å². The molecule has 0 bridgehead atoms. The predicted octanol–water partition coefficient (Wildman–Crippen LogP) is 4.05. The van der Waals surface area contributed by atoms with Crippen LogP contribution in [0.1, 0.15) is 28.7 Å². The van der Waals surface area contributed by atoms with Gasteiger partial charge < -0.3 is 15.4 Å². The Kier molecular flexibility index (Phi) is 5.82. The minimum Gasteiger partial charge on any atom is -0.492 e. The Bertz CT molecular complexity index is 1040. The Hall–Kier alpha value is -3.92. The summed E-state index contributed by atoms with van der Waals surface area (Å²) >= 11 is 0. The smallest absolute Gasteiger partial charge is 0.274 e. The third-order valence-electron chi connectivity index (χ3n) is 3.82. The number of aryl methyl sites for hydroxylation is 1. The third-order valence-corrected chi connectivity index (χ3v) is 3.82. The number of carbonyl (C=O) groups is 1. The molecular weight excluding hydrogens is 354 g/mol. The fraction of sp³-hybridized carbons (Fsp3) is 0.143. The molecule has 7 nitrogen and oxygen atoms in total. The number of benzene rings is 2. The zero-order valence-corrected chi connectivity index (χ0v) is 15.6.